The zero-order valence-electron chi connectivity index (χ0n) is 14.5. The average molecular weight is 324 g/mol. The lowest BCUT2D eigenvalue weighted by Gasteiger charge is -2.17. The van der Waals surface area contributed by atoms with Crippen molar-refractivity contribution in [2.45, 2.75) is 0 Å². The van der Waals surface area contributed by atoms with Gasteiger partial charge in [0.05, 0.1) is 5.69 Å². The van der Waals surface area contributed by atoms with Crippen LogP contribution < -0.4 is 4.90 Å². The number of anilines is 1. The highest BCUT2D eigenvalue weighted by atomic mass is 15.1. The van der Waals surface area contributed by atoms with E-state index >= 15 is 0 Å². The molecular formula is C23H20N2. The van der Waals surface area contributed by atoms with E-state index < -0.39 is 0 Å². The number of rotatable bonds is 3. The molecule has 2 heteroatoms. The van der Waals surface area contributed by atoms with Gasteiger partial charge in [-0.25, -0.2) is 0 Å². The molecule has 0 aliphatic carbocycles. The third-order valence-corrected chi connectivity index (χ3v) is 4.50. The van der Waals surface area contributed by atoms with Crippen molar-refractivity contribution in [2.24, 2.45) is 0 Å². The van der Waals surface area contributed by atoms with Crippen molar-refractivity contribution in [1.82, 2.24) is 4.98 Å². The molecule has 0 aliphatic heterocycles. The van der Waals surface area contributed by atoms with E-state index in [0.717, 1.165) is 16.6 Å². The summed E-state index contributed by atoms with van der Waals surface area (Å²) in [7, 11) is 4.14. The molecule has 0 atom stereocenters. The molecule has 0 unspecified atom stereocenters. The highest BCUT2D eigenvalue weighted by molar-refractivity contribution is 6.03. The molecule has 0 radical (unpaired) electrons. The topological polar surface area (TPSA) is 16.1 Å². The summed E-state index contributed by atoms with van der Waals surface area (Å²) in [4.78, 5) is 6.95. The molecule has 1 aromatic heterocycles. The largest absolute Gasteiger partial charge is 0.378 e. The quantitative estimate of drug-likeness (QED) is 0.485. The maximum atomic E-state index is 4.81. The van der Waals surface area contributed by atoms with Crippen LogP contribution in [0.4, 0.5) is 5.69 Å². The van der Waals surface area contributed by atoms with Gasteiger partial charge in [0.15, 0.2) is 0 Å². The summed E-state index contributed by atoms with van der Waals surface area (Å²) in [5.74, 6) is 0. The fraction of sp³-hybridized carbons (Fsp3) is 0.0870. The highest BCUT2D eigenvalue weighted by Gasteiger charge is 2.14. The first-order valence-corrected chi connectivity index (χ1v) is 8.45. The van der Waals surface area contributed by atoms with E-state index in [4.69, 9.17) is 4.98 Å². The van der Waals surface area contributed by atoms with Gasteiger partial charge < -0.3 is 4.90 Å². The van der Waals surface area contributed by atoms with Gasteiger partial charge in [-0.05, 0) is 23.1 Å². The van der Waals surface area contributed by atoms with E-state index in [1.807, 2.05) is 12.3 Å². The summed E-state index contributed by atoms with van der Waals surface area (Å²) in [5.41, 5.74) is 5.73. The van der Waals surface area contributed by atoms with E-state index in [2.05, 4.69) is 91.8 Å². The van der Waals surface area contributed by atoms with Crippen LogP contribution in [0.15, 0.2) is 85.1 Å². The Balaban J connectivity index is 2.08. The Morgan fingerprint density at radius 2 is 1.36 bits per heavy atom. The van der Waals surface area contributed by atoms with Crippen molar-refractivity contribution in [1.29, 1.82) is 0 Å². The Morgan fingerprint density at radius 1 is 0.720 bits per heavy atom. The van der Waals surface area contributed by atoms with Crippen molar-refractivity contribution in [3.8, 4) is 22.4 Å². The number of hydrogen-bond acceptors (Lipinski definition) is 2. The second-order valence-electron chi connectivity index (χ2n) is 6.38. The molecule has 0 bridgehead atoms. The third-order valence-electron chi connectivity index (χ3n) is 4.50. The number of nitrogens with zero attached hydrogens (tertiary/aromatic N) is 2. The number of pyridine rings is 1. The van der Waals surface area contributed by atoms with Crippen LogP contribution in [-0.2, 0) is 0 Å². The Morgan fingerprint density at radius 3 is 2.00 bits per heavy atom. The van der Waals surface area contributed by atoms with E-state index in [1.54, 1.807) is 0 Å². The van der Waals surface area contributed by atoms with Crippen molar-refractivity contribution in [3.05, 3.63) is 85.1 Å². The van der Waals surface area contributed by atoms with Crippen molar-refractivity contribution >= 4 is 16.5 Å². The third kappa shape index (κ3) is 2.87. The van der Waals surface area contributed by atoms with Crippen LogP contribution >= 0.6 is 0 Å². The summed E-state index contributed by atoms with van der Waals surface area (Å²) in [6.45, 7) is 0. The maximum Gasteiger partial charge on any atom is 0.0786 e. The van der Waals surface area contributed by atoms with E-state index in [9.17, 15) is 0 Å². The molecule has 0 N–H and O–H groups in total. The molecule has 0 saturated carbocycles. The molecule has 4 rings (SSSR count). The van der Waals surface area contributed by atoms with Gasteiger partial charge in [0.1, 0.15) is 0 Å². The normalized spacial score (nSPS) is 10.8. The second kappa shape index (κ2) is 6.40. The fourth-order valence-corrected chi connectivity index (χ4v) is 3.19. The summed E-state index contributed by atoms with van der Waals surface area (Å²) in [6.07, 6.45) is 1.98. The lowest BCUT2D eigenvalue weighted by Crippen LogP contribution is -2.08. The molecule has 4 aromatic rings. The average Bonchev–Trinajstić information content (AvgIpc) is 2.68. The first-order valence-electron chi connectivity index (χ1n) is 8.45. The van der Waals surface area contributed by atoms with Crippen molar-refractivity contribution in [2.75, 3.05) is 19.0 Å². The maximum absolute atomic E-state index is 4.81. The molecular weight excluding hydrogens is 304 g/mol. The lowest BCUT2D eigenvalue weighted by molar-refractivity contribution is 1.13. The minimum Gasteiger partial charge on any atom is -0.378 e. The van der Waals surface area contributed by atoms with Gasteiger partial charge in [0.25, 0.3) is 0 Å². The number of aromatic nitrogens is 1. The predicted octanol–water partition coefficient (Wildman–Crippen LogP) is 5.63. The summed E-state index contributed by atoms with van der Waals surface area (Å²) in [6, 6.07) is 27.5. The van der Waals surface area contributed by atoms with Gasteiger partial charge in [0, 0.05) is 42.5 Å². The first kappa shape index (κ1) is 15.4. The van der Waals surface area contributed by atoms with Gasteiger partial charge in [-0.3, -0.25) is 4.98 Å². The fourth-order valence-electron chi connectivity index (χ4n) is 3.19. The van der Waals surface area contributed by atoms with Crippen LogP contribution in [0, 0.1) is 0 Å². The molecule has 2 nitrogen and oxygen atoms in total. The zero-order chi connectivity index (χ0) is 17.2. The van der Waals surface area contributed by atoms with Crippen LogP contribution in [0.25, 0.3) is 33.2 Å². The monoisotopic (exact) mass is 324 g/mol. The molecule has 0 spiro atoms. The van der Waals surface area contributed by atoms with Crippen molar-refractivity contribution < 1.29 is 0 Å². The van der Waals surface area contributed by atoms with Gasteiger partial charge in [-0.2, -0.15) is 0 Å². The molecule has 0 amide bonds. The van der Waals surface area contributed by atoms with E-state index in [0.29, 0.717) is 0 Å². The SMILES string of the molecule is CN(C)c1ccc2cnc(-c3ccccc3)c(-c3ccccc3)c2c1. The van der Waals surface area contributed by atoms with Crippen LogP contribution in [0.2, 0.25) is 0 Å². The predicted molar refractivity (Wildman–Crippen MR) is 107 cm³/mol. The Bertz CT molecular complexity index is 1010. The van der Waals surface area contributed by atoms with E-state index in [1.165, 1.54) is 22.2 Å². The summed E-state index contributed by atoms with van der Waals surface area (Å²) in [5, 5.41) is 2.38. The lowest BCUT2D eigenvalue weighted by atomic mass is 9.94. The standard InChI is InChI=1S/C23H20N2/c1-25(2)20-14-13-19-16-24-23(18-11-7-4-8-12-18)22(21(19)15-20)17-9-5-3-6-10-17/h3-16H,1-2H3. The molecule has 0 saturated heterocycles. The van der Waals surface area contributed by atoms with E-state index in [-0.39, 0.29) is 0 Å². The highest BCUT2D eigenvalue weighted by Crippen LogP contribution is 2.37. The molecule has 25 heavy (non-hydrogen) atoms. The summed E-state index contributed by atoms with van der Waals surface area (Å²) >= 11 is 0. The Hall–Kier alpha value is -3.13. The Kier molecular flexibility index (Phi) is 3.95. The molecule has 0 fully saturated rings. The molecule has 3 aromatic carbocycles. The van der Waals surface area contributed by atoms with Gasteiger partial charge in [0.2, 0.25) is 0 Å². The molecule has 1 heterocycles. The molecule has 0 aliphatic rings. The molecule has 122 valence electrons. The summed E-state index contributed by atoms with van der Waals surface area (Å²) < 4.78 is 0. The zero-order valence-corrected chi connectivity index (χ0v) is 14.5. The number of benzene rings is 3. The first-order chi connectivity index (χ1) is 12.2. The minimum atomic E-state index is 1.02. The van der Waals surface area contributed by atoms with Crippen LogP contribution in [0.5, 0.6) is 0 Å². The van der Waals surface area contributed by atoms with Crippen LogP contribution in [0.1, 0.15) is 0 Å². The van der Waals surface area contributed by atoms with Gasteiger partial charge in [-0.15, -0.1) is 0 Å². The van der Waals surface area contributed by atoms with Gasteiger partial charge in [-0.1, -0.05) is 66.7 Å². The minimum absolute atomic E-state index is 1.02. The Labute approximate surface area is 148 Å². The van der Waals surface area contributed by atoms with Gasteiger partial charge >= 0.3 is 0 Å². The number of hydrogen-bond donors (Lipinski definition) is 0. The number of fused-ring (bicyclic) bond motifs is 1. The van der Waals surface area contributed by atoms with Crippen LogP contribution in [0.3, 0.4) is 0 Å². The second-order valence-corrected chi connectivity index (χ2v) is 6.38. The van der Waals surface area contributed by atoms with Crippen LogP contribution in [-0.4, -0.2) is 19.1 Å². The smallest absolute Gasteiger partial charge is 0.0786 e. The van der Waals surface area contributed by atoms with Crippen molar-refractivity contribution in [3.63, 3.8) is 0 Å².